The number of aromatic nitrogens is 2. The number of hydrogen-bond acceptors (Lipinski definition) is 2. The van der Waals surface area contributed by atoms with E-state index in [1.807, 2.05) is 48.8 Å². The Hall–Kier alpha value is -3.14. The molecule has 4 heteroatoms. The number of H-pyrrole nitrogens is 2. The third-order valence-corrected chi connectivity index (χ3v) is 3.63. The van der Waals surface area contributed by atoms with Crippen LogP contribution in [-0.4, -0.2) is 22.4 Å². The highest BCUT2D eigenvalue weighted by Gasteiger charge is 1.95. The summed E-state index contributed by atoms with van der Waals surface area (Å²) in [6.45, 7) is 0. The summed E-state index contributed by atoms with van der Waals surface area (Å²) >= 11 is 0. The van der Waals surface area contributed by atoms with Crippen molar-refractivity contribution in [2.24, 2.45) is 10.2 Å². The van der Waals surface area contributed by atoms with Crippen molar-refractivity contribution in [3.63, 3.8) is 0 Å². The maximum absolute atomic E-state index is 4.12. The number of nitrogens with zero attached hydrogens (tertiary/aromatic N) is 2. The van der Waals surface area contributed by atoms with Crippen LogP contribution in [-0.2, 0) is 0 Å². The Morgan fingerprint density at radius 3 is 1.64 bits per heavy atom. The first-order valence-corrected chi connectivity index (χ1v) is 7.09. The van der Waals surface area contributed by atoms with Crippen molar-refractivity contribution in [3.8, 4) is 0 Å². The summed E-state index contributed by atoms with van der Waals surface area (Å²) in [5.74, 6) is 0. The molecule has 0 aliphatic rings. The van der Waals surface area contributed by atoms with Crippen LogP contribution in [0.25, 0.3) is 21.8 Å². The molecule has 0 spiro atoms. The Labute approximate surface area is 127 Å². The Morgan fingerprint density at radius 2 is 1.14 bits per heavy atom. The molecule has 0 aliphatic heterocycles. The molecule has 0 unspecified atom stereocenters. The summed E-state index contributed by atoms with van der Waals surface area (Å²) in [7, 11) is 0. The summed E-state index contributed by atoms with van der Waals surface area (Å²) in [4.78, 5) is 6.34. The van der Waals surface area contributed by atoms with E-state index in [0.29, 0.717) is 0 Å². The van der Waals surface area contributed by atoms with Gasteiger partial charge in [0.2, 0.25) is 0 Å². The fraction of sp³-hybridized carbons (Fsp3) is 0. The minimum absolute atomic E-state index is 1.03. The standard InChI is InChI=1S/C18H14N4/c1-3-17-15(5-7-19-17)9-13(1)11-21-22-12-14-2-4-18-16(10-14)6-8-20-18/h1-12,19-20H. The molecule has 0 saturated carbocycles. The van der Waals surface area contributed by atoms with Gasteiger partial charge in [-0.25, -0.2) is 0 Å². The summed E-state index contributed by atoms with van der Waals surface area (Å²) in [5.41, 5.74) is 4.32. The minimum Gasteiger partial charge on any atom is -0.361 e. The smallest absolute Gasteiger partial charge is 0.0568 e. The van der Waals surface area contributed by atoms with E-state index in [-0.39, 0.29) is 0 Å². The van der Waals surface area contributed by atoms with Crippen LogP contribution >= 0.6 is 0 Å². The van der Waals surface area contributed by atoms with Gasteiger partial charge in [-0.2, -0.15) is 10.2 Å². The number of hydrogen-bond donors (Lipinski definition) is 2. The van der Waals surface area contributed by atoms with E-state index in [4.69, 9.17) is 0 Å². The molecule has 4 rings (SSSR count). The van der Waals surface area contributed by atoms with Crippen LogP contribution in [0.2, 0.25) is 0 Å². The molecule has 0 amide bonds. The lowest BCUT2D eigenvalue weighted by Crippen LogP contribution is -1.82. The van der Waals surface area contributed by atoms with Gasteiger partial charge in [0.25, 0.3) is 0 Å². The van der Waals surface area contributed by atoms with Crippen molar-refractivity contribution >= 4 is 34.2 Å². The van der Waals surface area contributed by atoms with Gasteiger partial charge in [0, 0.05) is 23.4 Å². The van der Waals surface area contributed by atoms with Crippen molar-refractivity contribution < 1.29 is 0 Å². The van der Waals surface area contributed by atoms with Gasteiger partial charge in [0.1, 0.15) is 0 Å². The molecule has 0 fully saturated rings. The van der Waals surface area contributed by atoms with E-state index in [1.54, 1.807) is 12.4 Å². The SMILES string of the molecule is C(=NN=Cc1ccc2[nH]ccc2c1)c1ccc2[nH]ccc2c1. The van der Waals surface area contributed by atoms with Crippen LogP contribution in [0.4, 0.5) is 0 Å². The monoisotopic (exact) mass is 286 g/mol. The fourth-order valence-corrected chi connectivity index (χ4v) is 2.50. The predicted molar refractivity (Wildman–Crippen MR) is 91.8 cm³/mol. The third-order valence-electron chi connectivity index (χ3n) is 3.63. The zero-order chi connectivity index (χ0) is 14.8. The molecule has 106 valence electrons. The molecule has 22 heavy (non-hydrogen) atoms. The Bertz CT molecular complexity index is 906. The number of benzene rings is 2. The van der Waals surface area contributed by atoms with Gasteiger partial charge < -0.3 is 9.97 Å². The van der Waals surface area contributed by atoms with Crippen LogP contribution < -0.4 is 0 Å². The zero-order valence-electron chi connectivity index (χ0n) is 11.8. The number of aromatic amines is 2. The second-order valence-electron chi connectivity index (χ2n) is 5.14. The summed E-state index contributed by atoms with van der Waals surface area (Å²) < 4.78 is 0. The zero-order valence-corrected chi connectivity index (χ0v) is 11.8. The van der Waals surface area contributed by atoms with Gasteiger partial charge in [-0.1, -0.05) is 12.1 Å². The highest BCUT2D eigenvalue weighted by molar-refractivity contribution is 5.91. The van der Waals surface area contributed by atoms with Gasteiger partial charge in [-0.15, -0.1) is 0 Å². The van der Waals surface area contributed by atoms with Gasteiger partial charge in [0.05, 0.1) is 12.4 Å². The molecule has 2 N–H and O–H groups in total. The predicted octanol–water partition coefficient (Wildman–Crippen LogP) is 4.10. The lowest BCUT2D eigenvalue weighted by molar-refractivity contribution is 1.27. The van der Waals surface area contributed by atoms with Gasteiger partial charge >= 0.3 is 0 Å². The largest absolute Gasteiger partial charge is 0.361 e. The highest BCUT2D eigenvalue weighted by atomic mass is 15.2. The number of rotatable bonds is 3. The first kappa shape index (κ1) is 12.6. The number of fused-ring (bicyclic) bond motifs is 2. The minimum atomic E-state index is 1.03. The van der Waals surface area contributed by atoms with Crippen LogP contribution in [0.15, 0.2) is 71.1 Å². The average molecular weight is 286 g/mol. The van der Waals surface area contributed by atoms with E-state index in [1.165, 1.54) is 10.8 Å². The van der Waals surface area contributed by atoms with Crippen molar-refractivity contribution in [1.82, 2.24) is 9.97 Å². The van der Waals surface area contributed by atoms with Gasteiger partial charge in [0.15, 0.2) is 0 Å². The van der Waals surface area contributed by atoms with Crippen molar-refractivity contribution in [2.75, 3.05) is 0 Å². The van der Waals surface area contributed by atoms with Gasteiger partial charge in [-0.3, -0.25) is 0 Å². The first-order valence-electron chi connectivity index (χ1n) is 7.09. The molecule has 2 aromatic heterocycles. The molecule has 2 aromatic carbocycles. The molecule has 2 heterocycles. The lowest BCUT2D eigenvalue weighted by atomic mass is 10.2. The molecule has 4 nitrogen and oxygen atoms in total. The highest BCUT2D eigenvalue weighted by Crippen LogP contribution is 2.14. The van der Waals surface area contributed by atoms with E-state index in [9.17, 15) is 0 Å². The van der Waals surface area contributed by atoms with Crippen LogP contribution in [0, 0.1) is 0 Å². The van der Waals surface area contributed by atoms with Crippen LogP contribution in [0.5, 0.6) is 0 Å². The molecular formula is C18H14N4. The molecule has 0 aliphatic carbocycles. The second kappa shape index (κ2) is 5.33. The molecular weight excluding hydrogens is 272 g/mol. The van der Waals surface area contributed by atoms with Crippen molar-refractivity contribution in [1.29, 1.82) is 0 Å². The normalized spacial score (nSPS) is 12.2. The topological polar surface area (TPSA) is 56.3 Å². The summed E-state index contributed by atoms with van der Waals surface area (Å²) in [6, 6.07) is 16.4. The average Bonchev–Trinajstić information content (AvgIpc) is 3.19. The molecule has 0 bridgehead atoms. The fourth-order valence-electron chi connectivity index (χ4n) is 2.50. The van der Waals surface area contributed by atoms with Crippen molar-refractivity contribution in [3.05, 3.63) is 72.1 Å². The van der Waals surface area contributed by atoms with E-state index >= 15 is 0 Å². The Morgan fingerprint density at radius 1 is 0.636 bits per heavy atom. The van der Waals surface area contributed by atoms with Crippen LogP contribution in [0.1, 0.15) is 11.1 Å². The second-order valence-corrected chi connectivity index (χ2v) is 5.14. The Kier molecular flexibility index (Phi) is 3.05. The van der Waals surface area contributed by atoms with E-state index in [2.05, 4.69) is 32.3 Å². The van der Waals surface area contributed by atoms with Gasteiger partial charge in [-0.05, 0) is 58.3 Å². The molecule has 0 saturated heterocycles. The Balaban J connectivity index is 1.52. The summed E-state index contributed by atoms with van der Waals surface area (Å²) in [6.07, 6.45) is 7.39. The molecule has 4 aromatic rings. The molecule has 0 atom stereocenters. The molecule has 0 radical (unpaired) electrons. The van der Waals surface area contributed by atoms with Crippen LogP contribution in [0.3, 0.4) is 0 Å². The third kappa shape index (κ3) is 2.42. The summed E-state index contributed by atoms with van der Waals surface area (Å²) in [5, 5.41) is 10.6. The maximum atomic E-state index is 4.12. The van der Waals surface area contributed by atoms with E-state index < -0.39 is 0 Å². The van der Waals surface area contributed by atoms with Crippen molar-refractivity contribution in [2.45, 2.75) is 0 Å². The maximum Gasteiger partial charge on any atom is 0.0568 e. The lowest BCUT2D eigenvalue weighted by Gasteiger charge is -1.93. The van der Waals surface area contributed by atoms with E-state index in [0.717, 1.165) is 22.2 Å². The first-order chi connectivity index (χ1) is 10.9. The number of nitrogens with one attached hydrogen (secondary N) is 2. The quantitative estimate of drug-likeness (QED) is 0.421.